The molecule has 4 rings (SSSR count). The summed E-state index contributed by atoms with van der Waals surface area (Å²) in [5.74, 6) is 0.623. The number of Topliss-reactive ketones (excluding diaryl/α,β-unsaturated/α-hetero) is 2. The normalized spacial score (nSPS) is 41.5. The van der Waals surface area contributed by atoms with Crippen molar-refractivity contribution in [3.63, 3.8) is 0 Å². The third kappa shape index (κ3) is 0.794. The third-order valence-electron chi connectivity index (χ3n) is 3.45. The van der Waals surface area contributed by atoms with Crippen molar-refractivity contribution >= 4 is 11.6 Å². The van der Waals surface area contributed by atoms with Gasteiger partial charge in [0.25, 0.3) is 0 Å². The second-order valence-electron chi connectivity index (χ2n) is 4.11. The molecular weight excluding hydrogens is 166 g/mol. The number of rotatable bonds is 0. The molecule has 4 aliphatic rings. The van der Waals surface area contributed by atoms with Crippen molar-refractivity contribution in [1.82, 2.24) is 4.90 Å². The number of hydrogen-bond donors (Lipinski definition) is 0. The first-order chi connectivity index (χ1) is 6.27. The Morgan fingerprint density at radius 1 is 1.31 bits per heavy atom. The molecule has 3 nitrogen and oxygen atoms in total. The number of carbonyl (C=O) groups excluding carboxylic acids is 2. The fraction of sp³-hybridized carbons (Fsp3) is 0.600. The Morgan fingerprint density at radius 3 is 2.77 bits per heavy atom. The lowest BCUT2D eigenvalue weighted by molar-refractivity contribution is -0.124. The van der Waals surface area contributed by atoms with E-state index in [0.29, 0.717) is 5.92 Å². The van der Waals surface area contributed by atoms with E-state index in [0.717, 1.165) is 13.0 Å². The Hall–Kier alpha value is -1.12. The van der Waals surface area contributed by atoms with E-state index in [1.54, 1.807) is 0 Å². The van der Waals surface area contributed by atoms with E-state index in [4.69, 9.17) is 0 Å². The lowest BCUT2D eigenvalue weighted by Gasteiger charge is -2.43. The van der Waals surface area contributed by atoms with Gasteiger partial charge in [0.2, 0.25) is 0 Å². The molecule has 0 radical (unpaired) electrons. The number of carbonyl (C=O) groups is 2. The summed E-state index contributed by atoms with van der Waals surface area (Å²) < 4.78 is 0. The van der Waals surface area contributed by atoms with Crippen LogP contribution in [0.3, 0.4) is 0 Å². The van der Waals surface area contributed by atoms with Gasteiger partial charge in [-0.1, -0.05) is 6.08 Å². The van der Waals surface area contributed by atoms with Gasteiger partial charge in [0.1, 0.15) is 5.78 Å². The largest absolute Gasteiger partial charge is 0.367 e. The van der Waals surface area contributed by atoms with Crippen LogP contribution in [0.4, 0.5) is 0 Å². The second kappa shape index (κ2) is 2.22. The maximum atomic E-state index is 11.5. The molecule has 3 aliphatic heterocycles. The van der Waals surface area contributed by atoms with Gasteiger partial charge in [0.15, 0.2) is 5.78 Å². The maximum Gasteiger partial charge on any atom is 0.163 e. The summed E-state index contributed by atoms with van der Waals surface area (Å²) in [6.45, 7) is 0.946. The van der Waals surface area contributed by atoms with Crippen LogP contribution >= 0.6 is 0 Å². The van der Waals surface area contributed by atoms with E-state index in [2.05, 4.69) is 6.08 Å². The number of nitrogens with zero attached hydrogens (tertiary/aromatic N) is 1. The topological polar surface area (TPSA) is 37.4 Å². The summed E-state index contributed by atoms with van der Waals surface area (Å²) in [6.07, 6.45) is 5.29. The lowest BCUT2D eigenvalue weighted by atomic mass is 9.78. The van der Waals surface area contributed by atoms with E-state index < -0.39 is 0 Å². The average molecular weight is 177 g/mol. The average Bonchev–Trinajstić information content (AvgIpc) is 2.47. The Balaban J connectivity index is 2.07. The molecule has 1 aliphatic carbocycles. The standard InChI is InChI=1S/C10H11NO2/c12-7-5-8(13)10-9(7)6-1-3-11(10)4-2-6/h1,3,6,9-10H,2,4-5H2. The Kier molecular flexibility index (Phi) is 1.25. The van der Waals surface area contributed by atoms with Gasteiger partial charge in [-0.05, 0) is 18.5 Å². The summed E-state index contributed by atoms with van der Waals surface area (Å²) in [4.78, 5) is 25.1. The SMILES string of the molecule is O=C1CC(=O)C2C1C1C=CN2CC1. The predicted molar refractivity (Wildman–Crippen MR) is 45.9 cm³/mol. The van der Waals surface area contributed by atoms with E-state index in [1.165, 1.54) is 0 Å². The first-order valence-corrected chi connectivity index (χ1v) is 4.77. The zero-order valence-electron chi connectivity index (χ0n) is 7.27. The molecule has 0 N–H and O–H groups in total. The summed E-state index contributed by atoms with van der Waals surface area (Å²) in [6, 6.07) is -0.101. The monoisotopic (exact) mass is 177 g/mol. The fourth-order valence-corrected chi connectivity index (χ4v) is 2.86. The molecule has 0 aromatic carbocycles. The predicted octanol–water partition coefficient (Wildman–Crippen LogP) is 0.362. The summed E-state index contributed by atoms with van der Waals surface area (Å²) in [5.41, 5.74) is 0. The van der Waals surface area contributed by atoms with E-state index >= 15 is 0 Å². The van der Waals surface area contributed by atoms with Crippen LogP contribution in [0.2, 0.25) is 0 Å². The minimum Gasteiger partial charge on any atom is -0.367 e. The Bertz CT molecular complexity index is 291. The van der Waals surface area contributed by atoms with Crippen molar-refractivity contribution in [3.8, 4) is 0 Å². The summed E-state index contributed by atoms with van der Waals surface area (Å²) >= 11 is 0. The van der Waals surface area contributed by atoms with Crippen LogP contribution in [0, 0.1) is 11.8 Å². The number of fused-ring (bicyclic) bond motifs is 1. The zero-order valence-corrected chi connectivity index (χ0v) is 7.27. The van der Waals surface area contributed by atoms with Gasteiger partial charge in [-0.3, -0.25) is 9.59 Å². The minimum atomic E-state index is -0.101. The van der Waals surface area contributed by atoms with Crippen molar-refractivity contribution in [3.05, 3.63) is 12.3 Å². The van der Waals surface area contributed by atoms with Gasteiger partial charge in [-0.2, -0.15) is 0 Å². The highest BCUT2D eigenvalue weighted by Crippen LogP contribution is 2.40. The molecule has 13 heavy (non-hydrogen) atoms. The third-order valence-corrected chi connectivity index (χ3v) is 3.45. The van der Waals surface area contributed by atoms with Gasteiger partial charge < -0.3 is 4.90 Å². The molecule has 1 saturated heterocycles. The van der Waals surface area contributed by atoms with Crippen LogP contribution in [0.1, 0.15) is 12.8 Å². The molecule has 3 unspecified atom stereocenters. The van der Waals surface area contributed by atoms with Crippen LogP contribution in [-0.4, -0.2) is 29.1 Å². The van der Waals surface area contributed by atoms with E-state index in [-0.39, 0.29) is 29.9 Å². The van der Waals surface area contributed by atoms with Crippen molar-refractivity contribution < 1.29 is 9.59 Å². The van der Waals surface area contributed by atoms with Crippen molar-refractivity contribution in [1.29, 1.82) is 0 Å². The van der Waals surface area contributed by atoms with Crippen molar-refractivity contribution in [2.75, 3.05) is 6.54 Å². The van der Waals surface area contributed by atoms with Crippen LogP contribution in [0.5, 0.6) is 0 Å². The Labute approximate surface area is 76.4 Å². The highest BCUT2D eigenvalue weighted by Gasteiger charge is 2.51. The minimum absolute atomic E-state index is 0.00810. The van der Waals surface area contributed by atoms with Crippen molar-refractivity contribution in [2.24, 2.45) is 11.8 Å². The Morgan fingerprint density at radius 2 is 2.15 bits per heavy atom. The molecule has 2 fully saturated rings. The van der Waals surface area contributed by atoms with Gasteiger partial charge in [-0.25, -0.2) is 0 Å². The first-order valence-electron chi connectivity index (χ1n) is 4.77. The van der Waals surface area contributed by atoms with E-state index in [1.807, 2.05) is 11.1 Å². The number of ketones is 2. The molecular formula is C10H11NO2. The van der Waals surface area contributed by atoms with Gasteiger partial charge in [-0.15, -0.1) is 0 Å². The molecule has 0 aromatic heterocycles. The second-order valence-corrected chi connectivity index (χ2v) is 4.11. The maximum absolute atomic E-state index is 11.5. The number of hydrogen-bond acceptors (Lipinski definition) is 3. The van der Waals surface area contributed by atoms with Gasteiger partial charge >= 0.3 is 0 Å². The molecule has 0 aromatic rings. The van der Waals surface area contributed by atoms with Crippen LogP contribution in [0.25, 0.3) is 0 Å². The first kappa shape index (κ1) is 7.30. The van der Waals surface area contributed by atoms with E-state index in [9.17, 15) is 9.59 Å². The number of allylic oxidation sites excluding steroid dienone is 1. The highest BCUT2D eigenvalue weighted by atomic mass is 16.2. The molecule has 3 heteroatoms. The zero-order chi connectivity index (χ0) is 9.00. The highest BCUT2D eigenvalue weighted by molar-refractivity contribution is 6.11. The van der Waals surface area contributed by atoms with Gasteiger partial charge in [0.05, 0.1) is 18.4 Å². The fourth-order valence-electron chi connectivity index (χ4n) is 2.86. The lowest BCUT2D eigenvalue weighted by Crippen LogP contribution is -2.50. The summed E-state index contributed by atoms with van der Waals surface area (Å²) in [7, 11) is 0. The van der Waals surface area contributed by atoms with Crippen molar-refractivity contribution in [2.45, 2.75) is 18.9 Å². The molecule has 2 bridgehead atoms. The quantitative estimate of drug-likeness (QED) is 0.501. The van der Waals surface area contributed by atoms with Crippen LogP contribution in [-0.2, 0) is 9.59 Å². The molecule has 3 atom stereocenters. The number of piperidine rings is 1. The molecule has 0 spiro atoms. The molecule has 3 heterocycles. The molecule has 68 valence electrons. The van der Waals surface area contributed by atoms with Crippen LogP contribution in [0.15, 0.2) is 12.3 Å². The van der Waals surface area contributed by atoms with Crippen LogP contribution < -0.4 is 0 Å². The summed E-state index contributed by atoms with van der Waals surface area (Å²) in [5, 5.41) is 0. The molecule has 0 amide bonds. The van der Waals surface area contributed by atoms with Gasteiger partial charge in [0, 0.05) is 6.54 Å². The smallest absolute Gasteiger partial charge is 0.163 e. The molecule has 1 saturated carbocycles.